The van der Waals surface area contributed by atoms with Gasteiger partial charge >= 0.3 is 6.18 Å². The summed E-state index contributed by atoms with van der Waals surface area (Å²) in [6.45, 7) is 1.98. The predicted octanol–water partition coefficient (Wildman–Crippen LogP) is 0.430. The Balaban J connectivity index is 1.91. The first-order chi connectivity index (χ1) is 11.3. The van der Waals surface area contributed by atoms with Crippen LogP contribution < -0.4 is 15.8 Å². The molecule has 2 rings (SSSR count). The lowest BCUT2D eigenvalue weighted by Crippen LogP contribution is -2.54. The molecule has 7 nitrogen and oxygen atoms in total. The van der Waals surface area contributed by atoms with Crippen LogP contribution in [0.25, 0.3) is 0 Å². The van der Waals surface area contributed by atoms with E-state index >= 15 is 0 Å². The molecule has 2 heterocycles. The van der Waals surface area contributed by atoms with E-state index in [1.54, 1.807) is 19.4 Å². The number of rotatable bonds is 3. The molecule has 1 saturated heterocycles. The van der Waals surface area contributed by atoms with Gasteiger partial charge in [0, 0.05) is 59.2 Å². The van der Waals surface area contributed by atoms with Gasteiger partial charge in [-0.15, -0.1) is 0 Å². The quantitative estimate of drug-likeness (QED) is 0.635. The van der Waals surface area contributed by atoms with E-state index in [-0.39, 0.29) is 12.1 Å². The number of nitrogens with zero attached hydrogens (tertiary/aromatic N) is 5. The Morgan fingerprint density at radius 1 is 1.33 bits per heavy atom. The standard InChI is InChI=1S/C14H21F3N6O/c1-18-13(20-4-3-14(15,16)17)23-9-7-22(8-10-23)11-12(24)21(2)6-5-19-11/h5-6H,3-4,7-10H2,1-2H3,(H,18,20). The van der Waals surface area contributed by atoms with Crippen molar-refractivity contribution in [3.63, 3.8) is 0 Å². The van der Waals surface area contributed by atoms with E-state index in [4.69, 9.17) is 0 Å². The van der Waals surface area contributed by atoms with Gasteiger partial charge in [-0.2, -0.15) is 13.2 Å². The molecule has 1 aliphatic heterocycles. The number of aliphatic imine (C=N–C) groups is 1. The van der Waals surface area contributed by atoms with Crippen LogP contribution in [0.4, 0.5) is 19.0 Å². The number of hydrogen-bond acceptors (Lipinski definition) is 4. The molecule has 134 valence electrons. The van der Waals surface area contributed by atoms with E-state index in [2.05, 4.69) is 15.3 Å². The summed E-state index contributed by atoms with van der Waals surface area (Å²) < 4.78 is 38.1. The van der Waals surface area contributed by atoms with Crippen molar-refractivity contribution in [3.8, 4) is 0 Å². The zero-order valence-electron chi connectivity index (χ0n) is 13.7. The zero-order chi connectivity index (χ0) is 17.7. The molecule has 1 aliphatic rings. The van der Waals surface area contributed by atoms with E-state index in [0.717, 1.165) is 0 Å². The Kier molecular flexibility index (Phi) is 5.68. The number of aromatic nitrogens is 2. The van der Waals surface area contributed by atoms with Crippen LogP contribution in [0.15, 0.2) is 22.2 Å². The fourth-order valence-electron chi connectivity index (χ4n) is 2.48. The van der Waals surface area contributed by atoms with Crippen molar-refractivity contribution in [1.82, 2.24) is 19.8 Å². The topological polar surface area (TPSA) is 65.8 Å². The zero-order valence-corrected chi connectivity index (χ0v) is 13.7. The second-order valence-electron chi connectivity index (χ2n) is 5.48. The second kappa shape index (κ2) is 7.54. The van der Waals surface area contributed by atoms with Crippen molar-refractivity contribution in [1.29, 1.82) is 0 Å². The van der Waals surface area contributed by atoms with Crippen molar-refractivity contribution in [2.75, 3.05) is 44.7 Å². The van der Waals surface area contributed by atoms with Gasteiger partial charge in [-0.05, 0) is 0 Å². The van der Waals surface area contributed by atoms with Crippen molar-refractivity contribution < 1.29 is 13.2 Å². The van der Waals surface area contributed by atoms with Gasteiger partial charge in [-0.1, -0.05) is 0 Å². The minimum atomic E-state index is -4.19. The SMILES string of the molecule is CN=C(NCCC(F)(F)F)N1CCN(c2nccn(C)c2=O)CC1. The summed E-state index contributed by atoms with van der Waals surface area (Å²) >= 11 is 0. The molecule has 0 atom stereocenters. The summed E-state index contributed by atoms with van der Waals surface area (Å²) in [5, 5.41) is 2.73. The van der Waals surface area contributed by atoms with Crippen molar-refractivity contribution >= 4 is 11.8 Å². The maximum Gasteiger partial charge on any atom is 0.390 e. The van der Waals surface area contributed by atoms with Crippen molar-refractivity contribution in [3.05, 3.63) is 22.7 Å². The van der Waals surface area contributed by atoms with Crippen molar-refractivity contribution in [2.24, 2.45) is 12.0 Å². The molecule has 0 unspecified atom stereocenters. The molecule has 1 fully saturated rings. The summed E-state index contributed by atoms with van der Waals surface area (Å²) in [4.78, 5) is 24.0. The second-order valence-corrected chi connectivity index (χ2v) is 5.48. The first-order valence-corrected chi connectivity index (χ1v) is 7.61. The lowest BCUT2D eigenvalue weighted by Gasteiger charge is -2.36. The summed E-state index contributed by atoms with van der Waals surface area (Å²) in [6.07, 6.45) is -1.94. The van der Waals surface area contributed by atoms with E-state index in [1.807, 2.05) is 9.80 Å². The van der Waals surface area contributed by atoms with E-state index < -0.39 is 12.6 Å². The molecular formula is C14H21F3N6O. The molecule has 0 aromatic carbocycles. The Hall–Kier alpha value is -2.26. The normalized spacial score (nSPS) is 16.5. The molecule has 0 amide bonds. The highest BCUT2D eigenvalue weighted by atomic mass is 19.4. The lowest BCUT2D eigenvalue weighted by atomic mass is 10.3. The number of alkyl halides is 3. The van der Waals surface area contributed by atoms with Crippen LogP contribution in [-0.2, 0) is 7.05 Å². The largest absolute Gasteiger partial charge is 0.390 e. The van der Waals surface area contributed by atoms with Gasteiger partial charge in [0.1, 0.15) is 0 Å². The van der Waals surface area contributed by atoms with Gasteiger partial charge < -0.3 is 19.7 Å². The Morgan fingerprint density at radius 2 is 2.00 bits per heavy atom. The number of nitrogens with one attached hydrogen (secondary N) is 1. The van der Waals surface area contributed by atoms with Crippen LogP contribution in [0.1, 0.15) is 6.42 Å². The number of hydrogen-bond donors (Lipinski definition) is 1. The lowest BCUT2D eigenvalue weighted by molar-refractivity contribution is -0.132. The molecular weight excluding hydrogens is 325 g/mol. The van der Waals surface area contributed by atoms with Crippen LogP contribution in [-0.4, -0.2) is 66.4 Å². The number of piperazine rings is 1. The average molecular weight is 346 g/mol. The predicted molar refractivity (Wildman–Crippen MR) is 85.3 cm³/mol. The fourth-order valence-corrected chi connectivity index (χ4v) is 2.48. The van der Waals surface area contributed by atoms with E-state index in [9.17, 15) is 18.0 Å². The Labute approximate surface area is 137 Å². The molecule has 0 bridgehead atoms. The van der Waals surface area contributed by atoms with E-state index in [1.165, 1.54) is 11.6 Å². The van der Waals surface area contributed by atoms with Crippen LogP contribution in [0, 0.1) is 0 Å². The van der Waals surface area contributed by atoms with Crippen LogP contribution in [0.2, 0.25) is 0 Å². The molecule has 1 aromatic rings. The maximum absolute atomic E-state index is 12.2. The summed E-state index contributed by atoms with van der Waals surface area (Å²) in [5.74, 6) is 0.826. The molecule has 1 aromatic heterocycles. The smallest absolute Gasteiger partial charge is 0.356 e. The first kappa shape index (κ1) is 18.1. The van der Waals surface area contributed by atoms with Gasteiger partial charge in [0.25, 0.3) is 5.56 Å². The summed E-state index contributed by atoms with van der Waals surface area (Å²) in [5.41, 5.74) is -0.168. The van der Waals surface area contributed by atoms with Gasteiger partial charge in [0.15, 0.2) is 11.8 Å². The van der Waals surface area contributed by atoms with Gasteiger partial charge in [-0.25, -0.2) is 4.98 Å². The van der Waals surface area contributed by atoms with Crippen LogP contribution >= 0.6 is 0 Å². The van der Waals surface area contributed by atoms with Gasteiger partial charge in [0.05, 0.1) is 6.42 Å². The Morgan fingerprint density at radius 3 is 2.58 bits per heavy atom. The van der Waals surface area contributed by atoms with Crippen LogP contribution in [0.3, 0.4) is 0 Å². The highest BCUT2D eigenvalue weighted by Crippen LogP contribution is 2.18. The van der Waals surface area contributed by atoms with Gasteiger partial charge in [0.2, 0.25) is 0 Å². The molecule has 0 saturated carbocycles. The van der Waals surface area contributed by atoms with Crippen molar-refractivity contribution in [2.45, 2.75) is 12.6 Å². The molecule has 0 spiro atoms. The first-order valence-electron chi connectivity index (χ1n) is 7.61. The van der Waals surface area contributed by atoms with Crippen LogP contribution in [0.5, 0.6) is 0 Å². The molecule has 10 heteroatoms. The number of aryl methyl sites for hydroxylation is 1. The third-order valence-electron chi connectivity index (χ3n) is 3.78. The maximum atomic E-state index is 12.2. The minimum absolute atomic E-state index is 0.168. The number of guanidine groups is 1. The summed E-state index contributed by atoms with van der Waals surface area (Å²) in [7, 11) is 3.20. The minimum Gasteiger partial charge on any atom is -0.356 e. The molecule has 0 radical (unpaired) electrons. The summed E-state index contributed by atoms with van der Waals surface area (Å²) in [6, 6.07) is 0. The number of halogens is 3. The van der Waals surface area contributed by atoms with E-state index in [0.29, 0.717) is 38.0 Å². The highest BCUT2D eigenvalue weighted by molar-refractivity contribution is 5.80. The molecule has 24 heavy (non-hydrogen) atoms. The number of anilines is 1. The third kappa shape index (κ3) is 4.62. The Bertz CT molecular complexity index is 634. The highest BCUT2D eigenvalue weighted by Gasteiger charge is 2.27. The average Bonchev–Trinajstić information content (AvgIpc) is 2.54. The molecule has 1 N–H and O–H groups in total. The molecule has 0 aliphatic carbocycles. The fraction of sp³-hybridized carbons (Fsp3) is 0.643. The third-order valence-corrected chi connectivity index (χ3v) is 3.78. The monoisotopic (exact) mass is 346 g/mol. The van der Waals surface area contributed by atoms with Gasteiger partial charge in [-0.3, -0.25) is 9.79 Å².